The number of carbonyl (C=O) groups excluding carboxylic acids is 1. The van der Waals surface area contributed by atoms with Gasteiger partial charge < -0.3 is 10.2 Å². The molecule has 2 aromatic rings. The zero-order chi connectivity index (χ0) is 23.0. The molecule has 0 unspecified atom stereocenters. The molecule has 3 rings (SSSR count). The molecule has 1 N–H and O–H groups in total. The quantitative estimate of drug-likeness (QED) is 0.550. The molecule has 0 saturated carbocycles. The van der Waals surface area contributed by atoms with Crippen LogP contribution in [0.3, 0.4) is 0 Å². The largest absolute Gasteiger partial charge is 0.323 e. The monoisotopic (exact) mass is 455 g/mol. The zero-order valence-corrected chi connectivity index (χ0v) is 19.8. The topological polar surface area (TPSA) is 69.7 Å². The third-order valence-corrected chi connectivity index (χ3v) is 7.85. The lowest BCUT2D eigenvalue weighted by atomic mass is 10.1. The number of amides is 1. The van der Waals surface area contributed by atoms with Crippen molar-refractivity contribution in [1.29, 1.82) is 0 Å². The van der Waals surface area contributed by atoms with Gasteiger partial charge in [-0.05, 0) is 73.8 Å². The summed E-state index contributed by atoms with van der Waals surface area (Å²) >= 11 is 0. The van der Waals surface area contributed by atoms with Crippen molar-refractivity contribution in [2.24, 2.45) is 0 Å². The van der Waals surface area contributed by atoms with E-state index >= 15 is 0 Å². The number of anilines is 1. The number of carbonyl (C=O) groups is 1. The maximum absolute atomic E-state index is 12.5. The van der Waals surface area contributed by atoms with Gasteiger partial charge in [-0.3, -0.25) is 4.79 Å². The van der Waals surface area contributed by atoms with Crippen LogP contribution in [0.2, 0.25) is 0 Å². The van der Waals surface area contributed by atoms with E-state index in [1.54, 1.807) is 30.3 Å². The summed E-state index contributed by atoms with van der Waals surface area (Å²) in [4.78, 5) is 15.0. The van der Waals surface area contributed by atoms with E-state index in [0.717, 1.165) is 24.2 Å². The predicted molar refractivity (Wildman–Crippen MR) is 130 cm³/mol. The first-order chi connectivity index (χ1) is 15.4. The van der Waals surface area contributed by atoms with Crippen molar-refractivity contribution >= 4 is 27.7 Å². The van der Waals surface area contributed by atoms with Crippen molar-refractivity contribution in [3.8, 4) is 0 Å². The van der Waals surface area contributed by atoms with Crippen molar-refractivity contribution in [2.75, 3.05) is 38.0 Å². The highest BCUT2D eigenvalue weighted by molar-refractivity contribution is 7.89. The van der Waals surface area contributed by atoms with Crippen molar-refractivity contribution in [3.05, 3.63) is 65.7 Å². The lowest BCUT2D eigenvalue weighted by molar-refractivity contribution is -0.111. The van der Waals surface area contributed by atoms with Crippen LogP contribution >= 0.6 is 0 Å². The Morgan fingerprint density at radius 3 is 2.22 bits per heavy atom. The second-order valence-corrected chi connectivity index (χ2v) is 9.91. The molecule has 1 aliphatic rings. The van der Waals surface area contributed by atoms with Crippen molar-refractivity contribution in [1.82, 2.24) is 9.21 Å². The molecule has 6 nitrogen and oxygen atoms in total. The van der Waals surface area contributed by atoms with E-state index in [-0.39, 0.29) is 10.8 Å². The Labute approximate surface area is 192 Å². The Hall–Kier alpha value is -2.48. The SMILES string of the molecule is CCN(CC)S(=O)(=O)c1ccc(C=CC(=O)Nc2ccc(CCN3CCCC3)cc2)cc1. The zero-order valence-electron chi connectivity index (χ0n) is 19.0. The first-order valence-electron chi connectivity index (χ1n) is 11.3. The Kier molecular flexibility index (Phi) is 8.61. The van der Waals surface area contributed by atoms with Gasteiger partial charge in [0.25, 0.3) is 0 Å². The number of likely N-dealkylation sites (tertiary alicyclic amines) is 1. The van der Waals surface area contributed by atoms with E-state index in [2.05, 4.69) is 22.3 Å². The fourth-order valence-electron chi connectivity index (χ4n) is 3.87. The maximum Gasteiger partial charge on any atom is 0.248 e. The Morgan fingerprint density at radius 1 is 1.00 bits per heavy atom. The summed E-state index contributed by atoms with van der Waals surface area (Å²) in [5.41, 5.74) is 2.78. The molecule has 1 fully saturated rings. The van der Waals surface area contributed by atoms with Crippen LogP contribution in [0.1, 0.15) is 37.8 Å². The number of hydrogen-bond donors (Lipinski definition) is 1. The summed E-state index contributed by atoms with van der Waals surface area (Å²) in [5, 5.41) is 2.86. The van der Waals surface area contributed by atoms with Gasteiger partial charge in [0.15, 0.2) is 0 Å². The smallest absolute Gasteiger partial charge is 0.248 e. The molecule has 1 amide bonds. The van der Waals surface area contributed by atoms with Gasteiger partial charge in [0.2, 0.25) is 15.9 Å². The normalized spacial score (nSPS) is 15.0. The fourth-order valence-corrected chi connectivity index (χ4v) is 5.33. The summed E-state index contributed by atoms with van der Waals surface area (Å²) in [6.45, 7) is 7.99. The third kappa shape index (κ3) is 6.51. The van der Waals surface area contributed by atoms with Crippen molar-refractivity contribution in [3.63, 3.8) is 0 Å². The molecule has 0 atom stereocenters. The highest BCUT2D eigenvalue weighted by atomic mass is 32.2. The maximum atomic E-state index is 12.5. The van der Waals surface area contributed by atoms with E-state index in [0.29, 0.717) is 13.1 Å². The average molecular weight is 456 g/mol. The lowest BCUT2D eigenvalue weighted by Gasteiger charge is -2.18. The highest BCUT2D eigenvalue weighted by Gasteiger charge is 2.20. The van der Waals surface area contributed by atoms with Crippen molar-refractivity contribution < 1.29 is 13.2 Å². The molecule has 2 aromatic carbocycles. The minimum atomic E-state index is -3.48. The molecular formula is C25H33N3O3S. The summed E-state index contributed by atoms with van der Waals surface area (Å²) in [6, 6.07) is 14.5. The van der Waals surface area contributed by atoms with Crippen LogP contribution in [0, 0.1) is 0 Å². The van der Waals surface area contributed by atoms with E-state index in [1.165, 1.54) is 41.9 Å². The van der Waals surface area contributed by atoms with Crippen LogP contribution < -0.4 is 5.32 Å². The molecule has 32 heavy (non-hydrogen) atoms. The van der Waals surface area contributed by atoms with Gasteiger partial charge in [0, 0.05) is 31.4 Å². The standard InChI is InChI=1S/C25H33N3O3S/c1-3-28(4-2)32(30,31)24-14-9-21(10-15-24)11-16-25(29)26-23-12-7-22(8-13-23)17-20-27-18-5-6-19-27/h7-16H,3-6,17-20H2,1-2H3,(H,26,29). The van der Waals surface area contributed by atoms with Gasteiger partial charge in [-0.1, -0.05) is 38.1 Å². The van der Waals surface area contributed by atoms with Gasteiger partial charge >= 0.3 is 0 Å². The molecule has 1 saturated heterocycles. The first kappa shape index (κ1) is 24.2. The molecule has 0 bridgehead atoms. The minimum Gasteiger partial charge on any atom is -0.323 e. The summed E-state index contributed by atoms with van der Waals surface area (Å²) in [5.74, 6) is -0.227. The molecule has 1 heterocycles. The molecule has 0 radical (unpaired) electrons. The second-order valence-electron chi connectivity index (χ2n) is 7.98. The summed E-state index contributed by atoms with van der Waals surface area (Å²) in [7, 11) is -3.48. The van der Waals surface area contributed by atoms with E-state index in [1.807, 2.05) is 26.0 Å². The minimum absolute atomic E-state index is 0.227. The van der Waals surface area contributed by atoms with Crippen molar-refractivity contribution in [2.45, 2.75) is 38.0 Å². The number of benzene rings is 2. The lowest BCUT2D eigenvalue weighted by Crippen LogP contribution is -2.30. The van der Waals surface area contributed by atoms with Gasteiger partial charge in [-0.25, -0.2) is 8.42 Å². The van der Waals surface area contributed by atoms with Crippen LogP contribution in [0.4, 0.5) is 5.69 Å². The number of hydrogen-bond acceptors (Lipinski definition) is 4. The Bertz CT molecular complexity index is 1010. The predicted octanol–water partition coefficient (Wildman–Crippen LogP) is 4.01. The van der Waals surface area contributed by atoms with Gasteiger partial charge in [0.1, 0.15) is 0 Å². The van der Waals surface area contributed by atoms with Gasteiger partial charge in [0.05, 0.1) is 4.90 Å². The van der Waals surface area contributed by atoms with Gasteiger partial charge in [-0.2, -0.15) is 4.31 Å². The van der Waals surface area contributed by atoms with Crippen LogP contribution in [-0.4, -0.2) is 56.3 Å². The Morgan fingerprint density at radius 2 is 1.62 bits per heavy atom. The van der Waals surface area contributed by atoms with Crippen LogP contribution in [0.15, 0.2) is 59.5 Å². The molecule has 1 aliphatic heterocycles. The average Bonchev–Trinajstić information content (AvgIpc) is 3.32. The van der Waals surface area contributed by atoms with E-state index < -0.39 is 10.0 Å². The number of rotatable bonds is 10. The molecule has 0 spiro atoms. The first-order valence-corrected chi connectivity index (χ1v) is 12.8. The number of nitrogens with zero attached hydrogens (tertiary/aromatic N) is 2. The second kappa shape index (κ2) is 11.4. The number of nitrogens with one attached hydrogen (secondary N) is 1. The van der Waals surface area contributed by atoms with Crippen LogP contribution in [-0.2, 0) is 21.2 Å². The highest BCUT2D eigenvalue weighted by Crippen LogP contribution is 2.17. The number of sulfonamides is 1. The molecule has 172 valence electrons. The summed E-state index contributed by atoms with van der Waals surface area (Å²) in [6.07, 6.45) is 6.76. The van der Waals surface area contributed by atoms with Gasteiger partial charge in [-0.15, -0.1) is 0 Å². The van der Waals surface area contributed by atoms with Crippen LogP contribution in [0.5, 0.6) is 0 Å². The van der Waals surface area contributed by atoms with Crippen LogP contribution in [0.25, 0.3) is 6.08 Å². The Balaban J connectivity index is 1.52. The molecule has 7 heteroatoms. The molecule has 0 aromatic heterocycles. The van der Waals surface area contributed by atoms with E-state index in [4.69, 9.17) is 0 Å². The summed E-state index contributed by atoms with van der Waals surface area (Å²) < 4.78 is 26.5. The molecule has 0 aliphatic carbocycles. The third-order valence-electron chi connectivity index (χ3n) is 5.79. The molecular weight excluding hydrogens is 422 g/mol. The van der Waals surface area contributed by atoms with E-state index in [9.17, 15) is 13.2 Å². The fraction of sp³-hybridized carbons (Fsp3) is 0.400.